The van der Waals surface area contributed by atoms with Gasteiger partial charge in [-0.15, -0.1) is 0 Å². The van der Waals surface area contributed by atoms with Crippen LogP contribution in [0.25, 0.3) is 0 Å². The molecule has 1 saturated heterocycles. The predicted molar refractivity (Wildman–Crippen MR) is 189 cm³/mol. The minimum atomic E-state index is -1.24. The summed E-state index contributed by atoms with van der Waals surface area (Å²) < 4.78 is 0. The molecule has 0 spiro atoms. The number of hydrogen-bond acceptors (Lipinski definition) is 10. The number of carbonyl (C=O) groups is 5. The number of aliphatic carboxylic acids is 1. The summed E-state index contributed by atoms with van der Waals surface area (Å²) in [4.78, 5) is 77.3. The van der Waals surface area contributed by atoms with E-state index in [1.165, 1.54) is 0 Å². The maximum atomic E-state index is 13.8. The standard InChI is InChI=1S/C29H57N15O6/c30-12-2-1-7-21(26(49)50)44-25(48)20(11-6-16-40-29(35)36)43-24(47)19(10-5-15-39-28(33)34)42-23(46)18(9-4-14-38-27(31)32)41-22(45)17-8-3-13-37-17/h17-21,37H,1-16,30H2,(H,41,45)(H,42,46)(H,43,47)(H,44,48)(H,49,50)(H4,31,32,38)(H4,33,34,39)(H4,35,36,40)/t17-,18-,19-,20-,21-/m0/s1. The molecule has 0 radical (unpaired) electrons. The van der Waals surface area contributed by atoms with Gasteiger partial charge in [0.05, 0.1) is 6.04 Å². The molecule has 50 heavy (non-hydrogen) atoms. The van der Waals surface area contributed by atoms with Crippen molar-refractivity contribution in [2.75, 3.05) is 32.7 Å². The first-order valence-electron chi connectivity index (χ1n) is 16.8. The van der Waals surface area contributed by atoms with Gasteiger partial charge in [0, 0.05) is 19.6 Å². The van der Waals surface area contributed by atoms with Crippen LogP contribution in [0.5, 0.6) is 0 Å². The van der Waals surface area contributed by atoms with Gasteiger partial charge >= 0.3 is 5.97 Å². The van der Waals surface area contributed by atoms with Gasteiger partial charge in [0.1, 0.15) is 24.2 Å². The highest BCUT2D eigenvalue weighted by atomic mass is 16.4. The lowest BCUT2D eigenvalue weighted by Gasteiger charge is -2.26. The van der Waals surface area contributed by atoms with E-state index in [1.54, 1.807) is 0 Å². The molecule has 21 nitrogen and oxygen atoms in total. The van der Waals surface area contributed by atoms with E-state index in [1.807, 2.05) is 0 Å². The van der Waals surface area contributed by atoms with E-state index in [0.29, 0.717) is 38.8 Å². The fourth-order valence-electron chi connectivity index (χ4n) is 5.06. The van der Waals surface area contributed by atoms with Crippen molar-refractivity contribution in [1.82, 2.24) is 26.6 Å². The first kappa shape index (κ1) is 43.1. The van der Waals surface area contributed by atoms with E-state index in [4.69, 9.17) is 40.1 Å². The molecule has 1 aliphatic heterocycles. The van der Waals surface area contributed by atoms with E-state index >= 15 is 0 Å². The van der Waals surface area contributed by atoms with Gasteiger partial charge in [-0.25, -0.2) is 4.79 Å². The maximum absolute atomic E-state index is 13.8. The van der Waals surface area contributed by atoms with E-state index in [0.717, 1.165) is 6.42 Å². The van der Waals surface area contributed by atoms with Crippen molar-refractivity contribution in [1.29, 1.82) is 0 Å². The lowest BCUT2D eigenvalue weighted by Crippen LogP contribution is -2.58. The third-order valence-corrected chi connectivity index (χ3v) is 7.67. The Balaban J connectivity index is 3.25. The first-order chi connectivity index (χ1) is 23.7. The summed E-state index contributed by atoms with van der Waals surface area (Å²) in [7, 11) is 0. The summed E-state index contributed by atoms with van der Waals surface area (Å²) in [5, 5.41) is 23.3. The number of nitrogens with zero attached hydrogens (tertiary/aromatic N) is 3. The Morgan fingerprint density at radius 2 is 1.02 bits per heavy atom. The number of amides is 4. The van der Waals surface area contributed by atoms with E-state index < -0.39 is 53.9 Å². The Labute approximate surface area is 291 Å². The van der Waals surface area contributed by atoms with Gasteiger partial charge in [-0.2, -0.15) is 0 Å². The normalized spacial score (nSPS) is 16.1. The molecule has 0 aromatic rings. The number of aliphatic imine (C=N–C) groups is 3. The van der Waals surface area contributed by atoms with Crippen molar-refractivity contribution in [3.05, 3.63) is 0 Å². The Hall–Kier alpha value is -4.92. The van der Waals surface area contributed by atoms with Crippen molar-refractivity contribution in [2.45, 2.75) is 101 Å². The lowest BCUT2D eigenvalue weighted by atomic mass is 10.0. The fraction of sp³-hybridized carbons (Fsp3) is 0.724. The monoisotopic (exact) mass is 711 g/mol. The highest BCUT2D eigenvalue weighted by molar-refractivity contribution is 5.95. The van der Waals surface area contributed by atoms with Crippen molar-refractivity contribution < 1.29 is 29.1 Å². The fourth-order valence-corrected chi connectivity index (χ4v) is 5.06. The van der Waals surface area contributed by atoms with Crippen LogP contribution in [0.1, 0.15) is 70.6 Å². The number of carboxylic acids is 1. The van der Waals surface area contributed by atoms with Gasteiger partial charge in [0.2, 0.25) is 23.6 Å². The Bertz CT molecular complexity index is 1180. The number of unbranched alkanes of at least 4 members (excludes halogenated alkanes) is 1. The summed E-state index contributed by atoms with van der Waals surface area (Å²) in [6, 6.07) is -5.15. The number of carbonyl (C=O) groups excluding carboxylic acids is 4. The molecule has 284 valence electrons. The molecule has 1 fully saturated rings. The molecule has 21 heteroatoms. The first-order valence-corrected chi connectivity index (χ1v) is 16.8. The molecule has 20 N–H and O–H groups in total. The van der Waals surface area contributed by atoms with Crippen molar-refractivity contribution in [3.63, 3.8) is 0 Å². The summed E-state index contributed by atoms with van der Waals surface area (Å²) >= 11 is 0. The van der Waals surface area contributed by atoms with Gasteiger partial charge in [-0.05, 0) is 83.7 Å². The summed E-state index contributed by atoms with van der Waals surface area (Å²) in [6.45, 7) is 1.50. The molecular weight excluding hydrogens is 654 g/mol. The van der Waals surface area contributed by atoms with Crippen molar-refractivity contribution in [2.24, 2.45) is 55.1 Å². The van der Waals surface area contributed by atoms with E-state index in [9.17, 15) is 29.1 Å². The van der Waals surface area contributed by atoms with Crippen molar-refractivity contribution in [3.8, 4) is 0 Å². The Kier molecular flexibility index (Phi) is 20.9. The average molecular weight is 712 g/mol. The summed E-state index contributed by atoms with van der Waals surface area (Å²) in [5.74, 6) is -4.18. The van der Waals surface area contributed by atoms with Crippen LogP contribution in [0.15, 0.2) is 15.0 Å². The SMILES string of the molecule is NCCCC[C@H](NC(=O)[C@H](CCCN=C(N)N)NC(=O)[C@H](CCCN=C(N)N)NC(=O)[C@H](CCCN=C(N)N)NC(=O)[C@@H]1CCCN1)C(=O)O. The van der Waals surface area contributed by atoms with Gasteiger partial charge in [-0.1, -0.05) is 0 Å². The van der Waals surface area contributed by atoms with E-state index in [-0.39, 0.29) is 81.9 Å². The third kappa shape index (κ3) is 18.6. The van der Waals surface area contributed by atoms with Gasteiger partial charge in [-0.3, -0.25) is 34.2 Å². The topological polar surface area (TPSA) is 385 Å². The number of hydrogen-bond donors (Lipinski definition) is 13. The van der Waals surface area contributed by atoms with Gasteiger partial charge in [0.25, 0.3) is 0 Å². The molecular formula is C29H57N15O6. The molecule has 0 bridgehead atoms. The van der Waals surface area contributed by atoms with Crippen molar-refractivity contribution >= 4 is 47.5 Å². The smallest absolute Gasteiger partial charge is 0.326 e. The number of nitrogens with one attached hydrogen (secondary N) is 5. The quantitative estimate of drug-likeness (QED) is 0.0240. The Morgan fingerprint density at radius 3 is 1.38 bits per heavy atom. The van der Waals surface area contributed by atoms with Crippen LogP contribution in [-0.2, 0) is 24.0 Å². The zero-order chi connectivity index (χ0) is 37.5. The largest absolute Gasteiger partial charge is 0.480 e. The predicted octanol–water partition coefficient (Wildman–Crippen LogP) is -4.95. The maximum Gasteiger partial charge on any atom is 0.326 e. The molecule has 4 amide bonds. The molecule has 0 saturated carbocycles. The number of nitrogens with two attached hydrogens (primary N) is 7. The van der Waals surface area contributed by atoms with Crippen LogP contribution < -0.4 is 66.7 Å². The molecule has 0 unspecified atom stereocenters. The van der Waals surface area contributed by atoms with Gasteiger partial charge < -0.3 is 71.8 Å². The van der Waals surface area contributed by atoms with Crippen LogP contribution in [0.3, 0.4) is 0 Å². The zero-order valence-electron chi connectivity index (χ0n) is 28.6. The second-order valence-electron chi connectivity index (χ2n) is 11.9. The number of carboxylic acid groups (broad SMARTS) is 1. The minimum Gasteiger partial charge on any atom is -0.480 e. The Morgan fingerprint density at radius 1 is 0.620 bits per heavy atom. The van der Waals surface area contributed by atoms with Crippen LogP contribution in [0, 0.1) is 0 Å². The van der Waals surface area contributed by atoms with E-state index in [2.05, 4.69) is 41.6 Å². The molecule has 1 rings (SSSR count). The highest BCUT2D eigenvalue weighted by Gasteiger charge is 2.32. The van der Waals surface area contributed by atoms with Crippen LogP contribution in [0.2, 0.25) is 0 Å². The third-order valence-electron chi connectivity index (χ3n) is 7.67. The van der Waals surface area contributed by atoms with Crippen LogP contribution in [0.4, 0.5) is 0 Å². The second-order valence-corrected chi connectivity index (χ2v) is 11.9. The molecule has 0 aliphatic carbocycles. The molecule has 1 aliphatic rings. The molecule has 0 aromatic heterocycles. The zero-order valence-corrected chi connectivity index (χ0v) is 28.6. The summed E-state index contributed by atoms with van der Waals surface area (Å²) in [5.41, 5.74) is 38.0. The van der Waals surface area contributed by atoms with Crippen LogP contribution >= 0.6 is 0 Å². The summed E-state index contributed by atoms with van der Waals surface area (Å²) in [6.07, 6.45) is 3.64. The number of rotatable bonds is 25. The lowest BCUT2D eigenvalue weighted by molar-refractivity contribution is -0.142. The average Bonchev–Trinajstić information content (AvgIpc) is 3.59. The minimum absolute atomic E-state index is 0.0377. The molecule has 1 heterocycles. The number of guanidine groups is 3. The van der Waals surface area contributed by atoms with Crippen LogP contribution in [-0.4, -0.2) is 116 Å². The second kappa shape index (κ2) is 24.3. The van der Waals surface area contributed by atoms with Gasteiger partial charge in [0.15, 0.2) is 17.9 Å². The molecule has 0 aromatic carbocycles. The highest BCUT2D eigenvalue weighted by Crippen LogP contribution is 2.10. The molecule has 5 atom stereocenters.